The van der Waals surface area contributed by atoms with E-state index >= 15 is 0 Å². The van der Waals surface area contributed by atoms with Crippen molar-refractivity contribution in [1.29, 1.82) is 0 Å². The predicted molar refractivity (Wildman–Crippen MR) is 56.7 cm³/mol. The van der Waals surface area contributed by atoms with Gasteiger partial charge in [-0.3, -0.25) is 0 Å². The normalized spacial score (nSPS) is 17.6. The van der Waals surface area contributed by atoms with Crippen LogP contribution in [-0.2, 0) is 4.74 Å². The molecule has 1 aliphatic rings. The van der Waals surface area contributed by atoms with Crippen molar-refractivity contribution in [2.24, 2.45) is 0 Å². The molecular formula is C10H18ClNO2. The summed E-state index contributed by atoms with van der Waals surface area (Å²) < 4.78 is 5.08. The predicted octanol–water partition coefficient (Wildman–Crippen LogP) is 2.63. The molecule has 0 bridgehead atoms. The number of halogens is 1. The molecule has 1 amide bonds. The number of rotatable bonds is 3. The minimum Gasteiger partial charge on any atom is -0.449 e. The molecule has 3 nitrogen and oxygen atoms in total. The summed E-state index contributed by atoms with van der Waals surface area (Å²) in [5.41, 5.74) is 0. The van der Waals surface area contributed by atoms with E-state index in [0.717, 1.165) is 32.4 Å². The third kappa shape index (κ3) is 4.18. The SMILES string of the molecule is O=C(OCCCCl)N1CCCCCC1. The fourth-order valence-corrected chi connectivity index (χ4v) is 1.67. The summed E-state index contributed by atoms with van der Waals surface area (Å²) in [6, 6.07) is 0. The number of hydrogen-bond donors (Lipinski definition) is 0. The van der Waals surface area contributed by atoms with Crippen molar-refractivity contribution in [3.8, 4) is 0 Å². The second-order valence-corrected chi connectivity index (χ2v) is 3.94. The molecule has 0 atom stereocenters. The van der Waals surface area contributed by atoms with Gasteiger partial charge in [-0.2, -0.15) is 0 Å². The molecule has 0 aromatic heterocycles. The number of carbonyl (C=O) groups excluding carboxylic acids is 1. The molecule has 82 valence electrons. The Morgan fingerprint density at radius 1 is 1.21 bits per heavy atom. The van der Waals surface area contributed by atoms with Crippen LogP contribution in [0, 0.1) is 0 Å². The molecule has 0 aromatic rings. The zero-order valence-electron chi connectivity index (χ0n) is 8.51. The maximum Gasteiger partial charge on any atom is 0.409 e. The number of carbonyl (C=O) groups is 1. The lowest BCUT2D eigenvalue weighted by Crippen LogP contribution is -2.32. The van der Waals surface area contributed by atoms with Crippen molar-refractivity contribution in [3.63, 3.8) is 0 Å². The van der Waals surface area contributed by atoms with Gasteiger partial charge < -0.3 is 9.64 Å². The van der Waals surface area contributed by atoms with Crippen LogP contribution in [0.1, 0.15) is 32.1 Å². The Balaban J connectivity index is 2.20. The first kappa shape index (κ1) is 11.6. The molecule has 0 unspecified atom stereocenters. The van der Waals surface area contributed by atoms with Crippen molar-refractivity contribution in [2.75, 3.05) is 25.6 Å². The molecule has 14 heavy (non-hydrogen) atoms. The Morgan fingerprint density at radius 2 is 1.86 bits per heavy atom. The fraction of sp³-hybridized carbons (Fsp3) is 0.900. The first-order valence-electron chi connectivity index (χ1n) is 5.32. The van der Waals surface area contributed by atoms with Gasteiger partial charge in [-0.25, -0.2) is 4.79 Å². The molecule has 1 saturated heterocycles. The molecule has 4 heteroatoms. The van der Waals surface area contributed by atoms with Crippen LogP contribution >= 0.6 is 11.6 Å². The van der Waals surface area contributed by atoms with Crippen molar-refractivity contribution in [3.05, 3.63) is 0 Å². The van der Waals surface area contributed by atoms with Crippen LogP contribution in [0.25, 0.3) is 0 Å². The minimum atomic E-state index is -0.169. The molecule has 1 rings (SSSR count). The van der Waals surface area contributed by atoms with Crippen LogP contribution in [0.2, 0.25) is 0 Å². The molecule has 0 spiro atoms. The molecule has 0 saturated carbocycles. The smallest absolute Gasteiger partial charge is 0.409 e. The van der Waals surface area contributed by atoms with Gasteiger partial charge in [-0.05, 0) is 19.3 Å². The zero-order chi connectivity index (χ0) is 10.2. The second kappa shape index (κ2) is 6.93. The molecule has 0 radical (unpaired) electrons. The lowest BCUT2D eigenvalue weighted by atomic mass is 10.2. The quantitative estimate of drug-likeness (QED) is 0.540. The highest BCUT2D eigenvalue weighted by Gasteiger charge is 2.15. The van der Waals surface area contributed by atoms with E-state index in [9.17, 15) is 4.79 Å². The van der Waals surface area contributed by atoms with E-state index in [-0.39, 0.29) is 6.09 Å². The summed E-state index contributed by atoms with van der Waals surface area (Å²) in [4.78, 5) is 13.3. The van der Waals surface area contributed by atoms with Crippen molar-refractivity contribution in [1.82, 2.24) is 4.90 Å². The number of likely N-dealkylation sites (tertiary alicyclic amines) is 1. The molecule has 1 fully saturated rings. The van der Waals surface area contributed by atoms with Crippen LogP contribution in [0.4, 0.5) is 4.79 Å². The zero-order valence-corrected chi connectivity index (χ0v) is 9.26. The van der Waals surface area contributed by atoms with Crippen LogP contribution in [0.5, 0.6) is 0 Å². The average molecular weight is 220 g/mol. The molecule has 0 aliphatic carbocycles. The number of nitrogens with zero attached hydrogens (tertiary/aromatic N) is 1. The molecule has 1 heterocycles. The van der Waals surface area contributed by atoms with Gasteiger partial charge >= 0.3 is 6.09 Å². The van der Waals surface area contributed by atoms with Gasteiger partial charge in [0.05, 0.1) is 6.61 Å². The number of hydrogen-bond acceptors (Lipinski definition) is 2. The summed E-state index contributed by atoms with van der Waals surface area (Å²) in [5, 5.41) is 0. The lowest BCUT2D eigenvalue weighted by molar-refractivity contribution is 0.104. The van der Waals surface area contributed by atoms with E-state index in [1.54, 1.807) is 4.90 Å². The van der Waals surface area contributed by atoms with Gasteiger partial charge in [-0.1, -0.05) is 12.8 Å². The third-order valence-electron chi connectivity index (χ3n) is 2.37. The van der Waals surface area contributed by atoms with Crippen molar-refractivity contribution >= 4 is 17.7 Å². The van der Waals surface area contributed by atoms with E-state index < -0.39 is 0 Å². The Bertz CT molecular complexity index is 168. The fourth-order valence-electron chi connectivity index (χ4n) is 1.56. The van der Waals surface area contributed by atoms with Crippen molar-refractivity contribution < 1.29 is 9.53 Å². The van der Waals surface area contributed by atoms with Gasteiger partial charge in [-0.15, -0.1) is 11.6 Å². The summed E-state index contributed by atoms with van der Waals surface area (Å²) >= 11 is 5.49. The van der Waals surface area contributed by atoms with E-state index in [1.807, 2.05) is 0 Å². The van der Waals surface area contributed by atoms with Gasteiger partial charge in [0.1, 0.15) is 0 Å². The van der Waals surface area contributed by atoms with Crippen molar-refractivity contribution in [2.45, 2.75) is 32.1 Å². The van der Waals surface area contributed by atoms with Gasteiger partial charge in [0.15, 0.2) is 0 Å². The largest absolute Gasteiger partial charge is 0.449 e. The first-order chi connectivity index (χ1) is 6.84. The number of amides is 1. The highest BCUT2D eigenvalue weighted by Crippen LogP contribution is 2.10. The topological polar surface area (TPSA) is 29.5 Å². The summed E-state index contributed by atoms with van der Waals surface area (Å²) in [6.07, 6.45) is 5.23. The lowest BCUT2D eigenvalue weighted by Gasteiger charge is -2.19. The minimum absolute atomic E-state index is 0.169. The van der Waals surface area contributed by atoms with Gasteiger partial charge in [0, 0.05) is 19.0 Å². The highest BCUT2D eigenvalue weighted by atomic mass is 35.5. The standard InChI is InChI=1S/C10H18ClNO2/c11-6-5-9-14-10(13)12-7-3-1-2-4-8-12/h1-9H2. The first-order valence-corrected chi connectivity index (χ1v) is 5.85. The summed E-state index contributed by atoms with van der Waals surface area (Å²) in [6.45, 7) is 2.14. The Morgan fingerprint density at radius 3 is 2.43 bits per heavy atom. The Kier molecular flexibility index (Phi) is 5.76. The molecule has 0 aromatic carbocycles. The monoisotopic (exact) mass is 219 g/mol. The van der Waals surface area contributed by atoms with Crippen LogP contribution in [0.3, 0.4) is 0 Å². The Hall–Kier alpha value is -0.440. The van der Waals surface area contributed by atoms with Crippen LogP contribution in [0.15, 0.2) is 0 Å². The van der Waals surface area contributed by atoms with E-state index in [1.165, 1.54) is 12.8 Å². The number of ether oxygens (including phenoxy) is 1. The van der Waals surface area contributed by atoms with Crippen LogP contribution in [-0.4, -0.2) is 36.6 Å². The number of alkyl halides is 1. The molecule has 0 N–H and O–H groups in total. The maximum atomic E-state index is 11.5. The molecular weight excluding hydrogens is 202 g/mol. The van der Waals surface area contributed by atoms with Gasteiger partial charge in [0.25, 0.3) is 0 Å². The molecule has 1 aliphatic heterocycles. The summed E-state index contributed by atoms with van der Waals surface area (Å²) in [5.74, 6) is 0.549. The van der Waals surface area contributed by atoms with Crippen LogP contribution < -0.4 is 0 Å². The second-order valence-electron chi connectivity index (χ2n) is 3.56. The van der Waals surface area contributed by atoms with E-state index in [0.29, 0.717) is 12.5 Å². The average Bonchev–Trinajstić information content (AvgIpc) is 2.46. The third-order valence-corrected chi connectivity index (χ3v) is 2.64. The van der Waals surface area contributed by atoms with E-state index in [2.05, 4.69) is 0 Å². The van der Waals surface area contributed by atoms with Gasteiger partial charge in [0.2, 0.25) is 0 Å². The maximum absolute atomic E-state index is 11.5. The summed E-state index contributed by atoms with van der Waals surface area (Å²) in [7, 11) is 0. The Labute approximate surface area is 90.4 Å². The van der Waals surface area contributed by atoms with E-state index in [4.69, 9.17) is 16.3 Å². The highest BCUT2D eigenvalue weighted by molar-refractivity contribution is 6.17.